The Morgan fingerprint density at radius 1 is 1.18 bits per heavy atom. The number of methoxy groups -OCH3 is 1. The summed E-state index contributed by atoms with van der Waals surface area (Å²) in [5.41, 5.74) is 6.69. The molecule has 2 aromatic carbocycles. The molecular formula is C24H26N4O5. The maximum Gasteiger partial charge on any atom is 0.414 e. The number of nitrogens with zero attached hydrogens (tertiary/aromatic N) is 3. The Hall–Kier alpha value is -4.11. The molecule has 0 bridgehead atoms. The second kappa shape index (κ2) is 11.5. The van der Waals surface area contributed by atoms with Gasteiger partial charge in [-0.25, -0.2) is 9.48 Å². The first-order valence-electron chi connectivity index (χ1n) is 10.3. The van der Waals surface area contributed by atoms with Crippen LogP contribution in [0.1, 0.15) is 18.1 Å². The van der Waals surface area contributed by atoms with Crippen LogP contribution in [0.2, 0.25) is 0 Å². The Morgan fingerprint density at radius 3 is 2.61 bits per heavy atom. The van der Waals surface area contributed by atoms with Gasteiger partial charge in [-0.3, -0.25) is 20.0 Å². The number of carboxylic acid groups (broad SMARTS) is 1. The number of benzene rings is 2. The lowest BCUT2D eigenvalue weighted by Gasteiger charge is -2.22. The fourth-order valence-electron chi connectivity index (χ4n) is 3.21. The molecule has 1 aromatic heterocycles. The minimum atomic E-state index is -0.944. The van der Waals surface area contributed by atoms with Gasteiger partial charge in [-0.15, -0.1) is 0 Å². The molecule has 0 atom stereocenters. The molecule has 0 unspecified atom stereocenters. The molecule has 9 heteroatoms. The van der Waals surface area contributed by atoms with Crippen LogP contribution < -0.4 is 10.4 Å². The van der Waals surface area contributed by atoms with Gasteiger partial charge in [0.05, 0.1) is 38.1 Å². The predicted octanol–water partition coefficient (Wildman–Crippen LogP) is 3.65. The van der Waals surface area contributed by atoms with E-state index in [2.05, 4.69) is 10.6 Å². The molecule has 1 heterocycles. The highest BCUT2D eigenvalue weighted by Gasteiger charge is 2.17. The van der Waals surface area contributed by atoms with Crippen molar-refractivity contribution in [1.29, 1.82) is 0 Å². The van der Waals surface area contributed by atoms with E-state index in [9.17, 15) is 9.59 Å². The number of hydroxylamine groups is 1. The molecule has 0 fully saturated rings. The number of rotatable bonds is 10. The SMILES string of the molecule is CC=C(NOCCN(C(=O)OC)c1cccc(CC(=O)O)c1)c1ccc(-n2cccn2)cc1. The van der Waals surface area contributed by atoms with Crippen molar-refractivity contribution in [2.75, 3.05) is 25.2 Å². The van der Waals surface area contributed by atoms with E-state index in [4.69, 9.17) is 14.7 Å². The smallest absolute Gasteiger partial charge is 0.414 e. The first-order valence-corrected chi connectivity index (χ1v) is 10.3. The third-order valence-corrected chi connectivity index (χ3v) is 4.81. The van der Waals surface area contributed by atoms with E-state index in [-0.39, 0.29) is 19.6 Å². The van der Waals surface area contributed by atoms with E-state index in [1.54, 1.807) is 35.1 Å². The second-order valence-corrected chi connectivity index (χ2v) is 7.01. The molecule has 0 saturated carbocycles. The van der Waals surface area contributed by atoms with Crippen molar-refractivity contribution in [2.24, 2.45) is 0 Å². The molecule has 0 aliphatic carbocycles. The highest BCUT2D eigenvalue weighted by Crippen LogP contribution is 2.18. The minimum Gasteiger partial charge on any atom is -0.481 e. The van der Waals surface area contributed by atoms with E-state index >= 15 is 0 Å². The summed E-state index contributed by atoms with van der Waals surface area (Å²) in [6, 6.07) is 16.4. The molecule has 172 valence electrons. The molecule has 1 amide bonds. The van der Waals surface area contributed by atoms with E-state index in [1.165, 1.54) is 12.0 Å². The zero-order valence-corrected chi connectivity index (χ0v) is 18.5. The minimum absolute atomic E-state index is 0.134. The van der Waals surface area contributed by atoms with Gasteiger partial charge < -0.3 is 9.84 Å². The summed E-state index contributed by atoms with van der Waals surface area (Å²) < 4.78 is 6.65. The van der Waals surface area contributed by atoms with Crippen molar-refractivity contribution in [3.63, 3.8) is 0 Å². The number of hydrogen-bond donors (Lipinski definition) is 2. The zero-order chi connectivity index (χ0) is 23.6. The third kappa shape index (κ3) is 6.44. The first-order chi connectivity index (χ1) is 16.0. The van der Waals surface area contributed by atoms with Crippen LogP contribution in [-0.2, 0) is 20.8 Å². The molecule has 0 aliphatic rings. The molecule has 9 nitrogen and oxygen atoms in total. The van der Waals surface area contributed by atoms with Crippen LogP contribution in [0.5, 0.6) is 0 Å². The van der Waals surface area contributed by atoms with Crippen molar-refractivity contribution in [3.05, 3.63) is 84.2 Å². The van der Waals surface area contributed by atoms with Crippen LogP contribution >= 0.6 is 0 Å². The number of carbonyl (C=O) groups is 2. The number of anilines is 1. The summed E-state index contributed by atoms with van der Waals surface area (Å²) in [5, 5.41) is 13.2. The summed E-state index contributed by atoms with van der Waals surface area (Å²) in [6.07, 6.45) is 4.78. The molecule has 33 heavy (non-hydrogen) atoms. The van der Waals surface area contributed by atoms with Gasteiger partial charge in [-0.05, 0) is 48.4 Å². The van der Waals surface area contributed by atoms with Crippen LogP contribution in [0.25, 0.3) is 11.4 Å². The standard InChI is InChI=1S/C24H26N4O5/c1-3-22(19-8-10-20(11-9-19)28-13-5-12-25-28)26-33-15-14-27(24(31)32-2)21-7-4-6-18(16-21)17-23(29)30/h3-13,16,26H,14-15,17H2,1-2H3,(H,29,30). The van der Waals surface area contributed by atoms with Crippen molar-refractivity contribution in [2.45, 2.75) is 13.3 Å². The van der Waals surface area contributed by atoms with Crippen LogP contribution in [0.3, 0.4) is 0 Å². The number of carboxylic acids is 1. The Morgan fingerprint density at radius 2 is 1.97 bits per heavy atom. The zero-order valence-electron chi connectivity index (χ0n) is 18.5. The van der Waals surface area contributed by atoms with Gasteiger partial charge >= 0.3 is 12.1 Å². The van der Waals surface area contributed by atoms with Gasteiger partial charge in [0.2, 0.25) is 0 Å². The largest absolute Gasteiger partial charge is 0.481 e. The first kappa shape index (κ1) is 23.6. The van der Waals surface area contributed by atoms with Crippen molar-refractivity contribution in [1.82, 2.24) is 15.3 Å². The molecule has 0 radical (unpaired) electrons. The van der Waals surface area contributed by atoms with E-state index in [0.29, 0.717) is 11.3 Å². The Labute approximate surface area is 191 Å². The number of aromatic nitrogens is 2. The summed E-state index contributed by atoms with van der Waals surface area (Å²) >= 11 is 0. The highest BCUT2D eigenvalue weighted by atomic mass is 16.6. The Balaban J connectivity index is 1.59. The monoisotopic (exact) mass is 450 g/mol. The normalized spacial score (nSPS) is 11.2. The van der Waals surface area contributed by atoms with E-state index < -0.39 is 12.1 Å². The average molecular weight is 450 g/mol. The van der Waals surface area contributed by atoms with E-state index in [1.807, 2.05) is 49.5 Å². The topological polar surface area (TPSA) is 106 Å². The van der Waals surface area contributed by atoms with Crippen LogP contribution in [0.4, 0.5) is 10.5 Å². The van der Waals surface area contributed by atoms with Gasteiger partial charge in [-0.2, -0.15) is 5.10 Å². The maximum absolute atomic E-state index is 12.3. The molecule has 2 N–H and O–H groups in total. The molecule has 0 spiro atoms. The lowest BCUT2D eigenvalue weighted by atomic mass is 10.1. The number of aliphatic carboxylic acids is 1. The van der Waals surface area contributed by atoms with Crippen molar-refractivity contribution < 1.29 is 24.3 Å². The van der Waals surface area contributed by atoms with Crippen LogP contribution in [0, 0.1) is 0 Å². The number of carbonyl (C=O) groups excluding carboxylic acids is 1. The fourth-order valence-corrected chi connectivity index (χ4v) is 3.21. The van der Waals surface area contributed by atoms with Gasteiger partial charge in [0.1, 0.15) is 0 Å². The number of ether oxygens (including phenoxy) is 1. The highest BCUT2D eigenvalue weighted by molar-refractivity contribution is 5.87. The predicted molar refractivity (Wildman–Crippen MR) is 124 cm³/mol. The van der Waals surface area contributed by atoms with Gasteiger partial charge in [0.15, 0.2) is 0 Å². The Kier molecular flexibility index (Phi) is 8.20. The molecule has 3 rings (SSSR count). The van der Waals surface area contributed by atoms with Crippen LogP contribution in [-0.4, -0.2) is 47.2 Å². The maximum atomic E-state index is 12.3. The molecular weight excluding hydrogens is 424 g/mol. The quantitative estimate of drug-likeness (QED) is 0.359. The van der Waals surface area contributed by atoms with Crippen molar-refractivity contribution in [3.8, 4) is 5.69 Å². The number of allylic oxidation sites excluding steroid dienone is 1. The average Bonchev–Trinajstić information content (AvgIpc) is 3.36. The van der Waals surface area contributed by atoms with E-state index in [0.717, 1.165) is 16.9 Å². The summed E-state index contributed by atoms with van der Waals surface area (Å²) in [7, 11) is 1.29. The molecule has 3 aromatic rings. The number of nitrogens with one attached hydrogen (secondary N) is 1. The van der Waals surface area contributed by atoms with Gasteiger partial charge in [-0.1, -0.05) is 30.3 Å². The van der Waals surface area contributed by atoms with Crippen LogP contribution in [0.15, 0.2) is 73.1 Å². The number of amides is 1. The summed E-state index contributed by atoms with van der Waals surface area (Å²) in [6.45, 7) is 2.26. The lowest BCUT2D eigenvalue weighted by molar-refractivity contribution is -0.136. The van der Waals surface area contributed by atoms with Gasteiger partial charge in [0.25, 0.3) is 0 Å². The second-order valence-electron chi connectivity index (χ2n) is 7.01. The molecule has 0 saturated heterocycles. The third-order valence-electron chi connectivity index (χ3n) is 4.81. The Bertz CT molecular complexity index is 1090. The fraction of sp³-hybridized carbons (Fsp3) is 0.208. The number of hydrogen-bond acceptors (Lipinski definition) is 6. The summed E-state index contributed by atoms with van der Waals surface area (Å²) in [4.78, 5) is 30.3. The molecule has 0 aliphatic heterocycles. The van der Waals surface area contributed by atoms with Crippen molar-refractivity contribution >= 4 is 23.4 Å². The summed E-state index contributed by atoms with van der Waals surface area (Å²) in [5.74, 6) is -0.944. The van der Waals surface area contributed by atoms with Gasteiger partial charge in [0, 0.05) is 18.1 Å². The lowest BCUT2D eigenvalue weighted by Crippen LogP contribution is -2.35.